The average molecular weight is 183 g/mol. The van der Waals surface area contributed by atoms with Gasteiger partial charge in [0, 0.05) is 0 Å². The van der Waals surface area contributed by atoms with E-state index < -0.39 is 5.83 Å². The summed E-state index contributed by atoms with van der Waals surface area (Å²) in [5, 5.41) is 3.06. The molecule has 0 aliphatic rings. The molecule has 2 heteroatoms. The molecule has 0 heterocycles. The molecule has 0 fully saturated rings. The zero-order chi connectivity index (χ0) is 10.3. The molecule has 0 amide bonds. The van der Waals surface area contributed by atoms with Gasteiger partial charge < -0.3 is 5.32 Å². The summed E-state index contributed by atoms with van der Waals surface area (Å²) < 4.78 is 12.2. The van der Waals surface area contributed by atoms with Gasteiger partial charge in [-0.2, -0.15) is 0 Å². The summed E-state index contributed by atoms with van der Waals surface area (Å²) in [6.07, 6.45) is 4.04. The van der Waals surface area contributed by atoms with Crippen LogP contribution in [-0.2, 0) is 0 Å². The molecule has 0 saturated carbocycles. The lowest BCUT2D eigenvalue weighted by molar-refractivity contribution is 0.594. The molecule has 0 aliphatic heterocycles. The second-order valence-corrected chi connectivity index (χ2v) is 3.15. The van der Waals surface area contributed by atoms with Crippen LogP contribution in [0.4, 0.5) is 4.39 Å². The fourth-order valence-electron chi connectivity index (χ4n) is 0.908. The quantitative estimate of drug-likeness (QED) is 0.624. The molecule has 0 aliphatic carbocycles. The van der Waals surface area contributed by atoms with Gasteiger partial charge in [-0.1, -0.05) is 31.7 Å². The van der Waals surface area contributed by atoms with Gasteiger partial charge in [-0.3, -0.25) is 0 Å². The Morgan fingerprint density at radius 2 is 2.08 bits per heavy atom. The van der Waals surface area contributed by atoms with Gasteiger partial charge in [0.25, 0.3) is 0 Å². The van der Waals surface area contributed by atoms with Crippen molar-refractivity contribution in [3.63, 3.8) is 0 Å². The van der Waals surface area contributed by atoms with E-state index in [-0.39, 0.29) is 0 Å². The van der Waals surface area contributed by atoms with Crippen molar-refractivity contribution in [2.75, 3.05) is 13.6 Å². The number of nitrogens with one attached hydrogen (secondary N) is 1. The van der Waals surface area contributed by atoms with Crippen LogP contribution in [0.25, 0.3) is 0 Å². The Morgan fingerprint density at radius 1 is 1.46 bits per heavy atom. The molecular weight excluding hydrogens is 165 g/mol. The molecule has 0 saturated heterocycles. The van der Waals surface area contributed by atoms with Crippen LogP contribution in [0.1, 0.15) is 13.3 Å². The lowest BCUT2D eigenvalue weighted by Gasteiger charge is -2.10. The van der Waals surface area contributed by atoms with Crippen molar-refractivity contribution in [1.82, 2.24) is 5.32 Å². The van der Waals surface area contributed by atoms with Crippen LogP contribution in [0.15, 0.2) is 36.7 Å². The standard InChI is InChI=1S/C11H18FN/c1-9(5-6-11(3)12)10(2)7-8-13-4/h5-6,10,13H,1,3,7-8H2,2,4H3. The average Bonchev–Trinajstić information content (AvgIpc) is 2.10. The Labute approximate surface area is 80.0 Å². The van der Waals surface area contributed by atoms with E-state index in [1.54, 1.807) is 6.08 Å². The van der Waals surface area contributed by atoms with Gasteiger partial charge in [-0.15, -0.1) is 0 Å². The molecule has 0 aromatic rings. The summed E-state index contributed by atoms with van der Waals surface area (Å²) in [4.78, 5) is 0. The summed E-state index contributed by atoms with van der Waals surface area (Å²) in [5.74, 6) is -0.0509. The Hall–Kier alpha value is -0.890. The summed E-state index contributed by atoms with van der Waals surface area (Å²) >= 11 is 0. The van der Waals surface area contributed by atoms with E-state index in [2.05, 4.69) is 25.4 Å². The monoisotopic (exact) mass is 183 g/mol. The Bertz CT molecular complexity index is 206. The van der Waals surface area contributed by atoms with E-state index in [0.717, 1.165) is 18.5 Å². The zero-order valence-corrected chi connectivity index (χ0v) is 8.44. The van der Waals surface area contributed by atoms with Gasteiger partial charge in [0.05, 0.1) is 0 Å². The van der Waals surface area contributed by atoms with Gasteiger partial charge in [-0.05, 0) is 32.0 Å². The van der Waals surface area contributed by atoms with Crippen molar-refractivity contribution in [3.8, 4) is 0 Å². The van der Waals surface area contributed by atoms with Gasteiger partial charge in [0.2, 0.25) is 0 Å². The minimum absolute atomic E-state index is 0.378. The smallest absolute Gasteiger partial charge is 0.116 e. The molecular formula is C11H18FN. The SMILES string of the molecule is C=C(F)C=CC(=C)C(C)CCNC. The lowest BCUT2D eigenvalue weighted by atomic mass is 9.99. The first-order valence-electron chi connectivity index (χ1n) is 4.43. The van der Waals surface area contributed by atoms with Gasteiger partial charge >= 0.3 is 0 Å². The molecule has 1 atom stereocenters. The number of allylic oxidation sites excluding steroid dienone is 4. The summed E-state index contributed by atoms with van der Waals surface area (Å²) in [6.45, 7) is 10.0. The molecule has 74 valence electrons. The second-order valence-electron chi connectivity index (χ2n) is 3.15. The number of hydrogen-bond acceptors (Lipinski definition) is 1. The third-order valence-corrected chi connectivity index (χ3v) is 1.94. The van der Waals surface area contributed by atoms with Crippen molar-refractivity contribution < 1.29 is 4.39 Å². The molecule has 1 unspecified atom stereocenters. The molecule has 1 N–H and O–H groups in total. The predicted octanol–water partition coefficient (Wildman–Crippen LogP) is 2.83. The molecule has 0 bridgehead atoms. The first kappa shape index (κ1) is 12.1. The largest absolute Gasteiger partial charge is 0.320 e. The van der Waals surface area contributed by atoms with Gasteiger partial charge in [0.15, 0.2) is 0 Å². The third kappa shape index (κ3) is 6.29. The highest BCUT2D eigenvalue weighted by Crippen LogP contribution is 2.14. The molecule has 0 rings (SSSR count). The van der Waals surface area contributed by atoms with E-state index in [4.69, 9.17) is 0 Å². The molecule has 13 heavy (non-hydrogen) atoms. The third-order valence-electron chi connectivity index (χ3n) is 1.94. The highest BCUT2D eigenvalue weighted by atomic mass is 19.1. The van der Waals surface area contributed by atoms with E-state index in [1.165, 1.54) is 6.08 Å². The van der Waals surface area contributed by atoms with Crippen molar-refractivity contribution >= 4 is 0 Å². The normalized spacial score (nSPS) is 13.2. The Balaban J connectivity index is 3.89. The van der Waals surface area contributed by atoms with Gasteiger partial charge in [0.1, 0.15) is 5.83 Å². The van der Waals surface area contributed by atoms with Crippen molar-refractivity contribution in [2.24, 2.45) is 5.92 Å². The predicted molar refractivity (Wildman–Crippen MR) is 56.2 cm³/mol. The number of rotatable bonds is 6. The fraction of sp³-hybridized carbons (Fsp3) is 0.455. The summed E-state index contributed by atoms with van der Waals surface area (Å²) in [5.41, 5.74) is 0.939. The van der Waals surface area contributed by atoms with Crippen LogP contribution < -0.4 is 5.32 Å². The molecule has 0 radical (unpaired) electrons. The molecule has 0 aromatic heterocycles. The molecule has 0 spiro atoms. The summed E-state index contributed by atoms with van der Waals surface area (Å²) in [6, 6.07) is 0. The van der Waals surface area contributed by atoms with Crippen LogP contribution in [0.2, 0.25) is 0 Å². The zero-order valence-electron chi connectivity index (χ0n) is 8.44. The Morgan fingerprint density at radius 3 is 2.54 bits per heavy atom. The maximum Gasteiger partial charge on any atom is 0.116 e. The minimum atomic E-state index is -0.429. The summed E-state index contributed by atoms with van der Waals surface area (Å²) in [7, 11) is 1.91. The van der Waals surface area contributed by atoms with E-state index >= 15 is 0 Å². The van der Waals surface area contributed by atoms with Crippen LogP contribution in [0.5, 0.6) is 0 Å². The first-order valence-corrected chi connectivity index (χ1v) is 4.43. The first-order chi connectivity index (χ1) is 6.07. The van der Waals surface area contributed by atoms with Crippen LogP contribution in [0.3, 0.4) is 0 Å². The number of halogens is 1. The van der Waals surface area contributed by atoms with Crippen LogP contribution in [-0.4, -0.2) is 13.6 Å². The second kappa shape index (κ2) is 6.61. The van der Waals surface area contributed by atoms with E-state index in [0.29, 0.717) is 5.92 Å². The topological polar surface area (TPSA) is 12.0 Å². The highest BCUT2D eigenvalue weighted by Gasteiger charge is 2.02. The number of hydrogen-bond donors (Lipinski definition) is 1. The van der Waals surface area contributed by atoms with Crippen molar-refractivity contribution in [2.45, 2.75) is 13.3 Å². The van der Waals surface area contributed by atoms with Crippen molar-refractivity contribution in [3.05, 3.63) is 36.7 Å². The van der Waals surface area contributed by atoms with Crippen LogP contribution >= 0.6 is 0 Å². The minimum Gasteiger partial charge on any atom is -0.320 e. The van der Waals surface area contributed by atoms with E-state index in [1.807, 2.05) is 7.05 Å². The van der Waals surface area contributed by atoms with Crippen molar-refractivity contribution in [1.29, 1.82) is 0 Å². The van der Waals surface area contributed by atoms with E-state index in [9.17, 15) is 4.39 Å². The Kier molecular flexibility index (Phi) is 6.15. The highest BCUT2D eigenvalue weighted by molar-refractivity contribution is 5.22. The maximum absolute atomic E-state index is 12.2. The van der Waals surface area contributed by atoms with Gasteiger partial charge in [-0.25, -0.2) is 4.39 Å². The molecule has 0 aromatic carbocycles. The van der Waals surface area contributed by atoms with Crippen LogP contribution in [0, 0.1) is 5.92 Å². The maximum atomic E-state index is 12.2. The fourth-order valence-corrected chi connectivity index (χ4v) is 0.908. The lowest BCUT2D eigenvalue weighted by Crippen LogP contribution is -2.11. The molecule has 1 nitrogen and oxygen atoms in total.